The molecule has 1 aliphatic heterocycles. The van der Waals surface area contributed by atoms with Crippen molar-refractivity contribution in [3.05, 3.63) is 18.3 Å². The minimum absolute atomic E-state index is 0.803. The maximum absolute atomic E-state index is 5.35. The van der Waals surface area contributed by atoms with Crippen LogP contribution in [0.4, 0.5) is 11.5 Å². The summed E-state index contributed by atoms with van der Waals surface area (Å²) in [5.74, 6) is 2.30. The number of hydrogen-bond donors (Lipinski definition) is 1. The topological polar surface area (TPSA) is 37.4 Å². The predicted molar refractivity (Wildman–Crippen MR) is 83.4 cm³/mol. The summed E-state index contributed by atoms with van der Waals surface area (Å²) in [7, 11) is 0. The molecule has 2 rings (SSSR count). The fourth-order valence-electron chi connectivity index (χ4n) is 2.07. The molecule has 1 aliphatic rings. The Morgan fingerprint density at radius 3 is 2.84 bits per heavy atom. The third-order valence-electron chi connectivity index (χ3n) is 3.19. The van der Waals surface area contributed by atoms with Gasteiger partial charge in [-0.05, 0) is 37.0 Å². The van der Waals surface area contributed by atoms with Gasteiger partial charge in [0, 0.05) is 19.6 Å². The van der Waals surface area contributed by atoms with E-state index in [1.165, 1.54) is 18.6 Å². The average Bonchev–Trinajstić information content (AvgIpc) is 2.49. The van der Waals surface area contributed by atoms with E-state index in [2.05, 4.69) is 33.6 Å². The molecular formula is C14H23N3OS. The lowest BCUT2D eigenvalue weighted by atomic mass is 10.3. The first kappa shape index (κ1) is 14.5. The minimum atomic E-state index is 0.803. The van der Waals surface area contributed by atoms with Crippen molar-refractivity contribution in [3.63, 3.8) is 0 Å². The monoisotopic (exact) mass is 281 g/mol. The van der Waals surface area contributed by atoms with Crippen LogP contribution in [-0.2, 0) is 4.74 Å². The highest BCUT2D eigenvalue weighted by atomic mass is 32.2. The van der Waals surface area contributed by atoms with Crippen molar-refractivity contribution in [1.29, 1.82) is 0 Å². The normalized spacial score (nSPS) is 15.5. The summed E-state index contributed by atoms with van der Waals surface area (Å²) in [5, 5.41) is 3.42. The van der Waals surface area contributed by atoms with Crippen molar-refractivity contribution < 1.29 is 4.74 Å². The Morgan fingerprint density at radius 1 is 1.32 bits per heavy atom. The SMILES string of the molecule is CSCCCCNc1ccc(N2CCOCC2)nc1. The van der Waals surface area contributed by atoms with Crippen molar-refractivity contribution in [1.82, 2.24) is 4.98 Å². The first-order chi connectivity index (χ1) is 9.40. The van der Waals surface area contributed by atoms with Gasteiger partial charge >= 0.3 is 0 Å². The highest BCUT2D eigenvalue weighted by Crippen LogP contribution is 2.15. The lowest BCUT2D eigenvalue weighted by Gasteiger charge is -2.27. The van der Waals surface area contributed by atoms with Crippen LogP contribution < -0.4 is 10.2 Å². The van der Waals surface area contributed by atoms with Crippen molar-refractivity contribution in [2.75, 3.05) is 55.1 Å². The molecule has 0 bridgehead atoms. The quantitative estimate of drug-likeness (QED) is 0.777. The van der Waals surface area contributed by atoms with Gasteiger partial charge < -0.3 is 15.0 Å². The van der Waals surface area contributed by atoms with Crippen LogP contribution >= 0.6 is 11.8 Å². The largest absolute Gasteiger partial charge is 0.384 e. The summed E-state index contributed by atoms with van der Waals surface area (Å²) >= 11 is 1.91. The Hall–Kier alpha value is -0.940. The zero-order chi connectivity index (χ0) is 13.3. The maximum Gasteiger partial charge on any atom is 0.128 e. The number of thioether (sulfide) groups is 1. The standard InChI is InChI=1S/C14H23N3OS/c1-19-11-3-2-6-15-13-4-5-14(16-12-13)17-7-9-18-10-8-17/h4-5,12,15H,2-3,6-11H2,1H3. The van der Waals surface area contributed by atoms with Gasteiger partial charge in [-0.15, -0.1) is 0 Å². The smallest absolute Gasteiger partial charge is 0.128 e. The fourth-order valence-corrected chi connectivity index (χ4v) is 2.57. The number of anilines is 2. The molecule has 0 aliphatic carbocycles. The first-order valence-electron chi connectivity index (χ1n) is 6.92. The number of ether oxygens (including phenoxy) is 1. The number of nitrogens with zero attached hydrogens (tertiary/aromatic N) is 2. The van der Waals surface area contributed by atoms with Crippen LogP contribution in [-0.4, -0.2) is 49.8 Å². The number of aromatic nitrogens is 1. The molecular weight excluding hydrogens is 258 g/mol. The Balaban J connectivity index is 1.74. The van der Waals surface area contributed by atoms with E-state index in [1.54, 1.807) is 0 Å². The summed E-state index contributed by atoms with van der Waals surface area (Å²) in [6, 6.07) is 4.21. The molecule has 106 valence electrons. The Labute approximate surface area is 119 Å². The highest BCUT2D eigenvalue weighted by molar-refractivity contribution is 7.98. The van der Waals surface area contributed by atoms with Crippen LogP contribution in [0.1, 0.15) is 12.8 Å². The molecule has 5 heteroatoms. The second kappa shape index (κ2) is 8.27. The van der Waals surface area contributed by atoms with E-state index in [-0.39, 0.29) is 0 Å². The van der Waals surface area contributed by atoms with Gasteiger partial charge in [0.2, 0.25) is 0 Å². The molecule has 2 heterocycles. The van der Waals surface area contributed by atoms with E-state index in [0.29, 0.717) is 0 Å². The van der Waals surface area contributed by atoms with Gasteiger partial charge in [-0.25, -0.2) is 4.98 Å². The number of unbranched alkanes of at least 4 members (excludes halogenated alkanes) is 1. The van der Waals surface area contributed by atoms with E-state index in [4.69, 9.17) is 4.74 Å². The third-order valence-corrected chi connectivity index (χ3v) is 3.88. The van der Waals surface area contributed by atoms with Crippen molar-refractivity contribution in [2.45, 2.75) is 12.8 Å². The van der Waals surface area contributed by atoms with Crippen molar-refractivity contribution in [2.24, 2.45) is 0 Å². The highest BCUT2D eigenvalue weighted by Gasteiger charge is 2.11. The van der Waals surface area contributed by atoms with E-state index in [0.717, 1.165) is 44.4 Å². The Kier molecular flexibility index (Phi) is 6.30. The summed E-state index contributed by atoms with van der Waals surface area (Å²) in [5.41, 5.74) is 1.11. The van der Waals surface area contributed by atoms with E-state index in [9.17, 15) is 0 Å². The van der Waals surface area contributed by atoms with Gasteiger partial charge in [0.05, 0.1) is 25.1 Å². The van der Waals surface area contributed by atoms with Crippen LogP contribution in [0, 0.1) is 0 Å². The zero-order valence-electron chi connectivity index (χ0n) is 11.6. The molecule has 19 heavy (non-hydrogen) atoms. The summed E-state index contributed by atoms with van der Waals surface area (Å²) in [6.07, 6.45) is 6.57. The molecule has 0 spiro atoms. The molecule has 0 unspecified atom stereocenters. The lowest BCUT2D eigenvalue weighted by Crippen LogP contribution is -2.36. The van der Waals surface area contributed by atoms with Gasteiger partial charge in [0.1, 0.15) is 5.82 Å². The second-order valence-electron chi connectivity index (χ2n) is 4.63. The molecule has 0 atom stereocenters. The molecule has 0 amide bonds. The molecule has 1 aromatic rings. The van der Waals surface area contributed by atoms with Crippen molar-refractivity contribution >= 4 is 23.3 Å². The molecule has 1 saturated heterocycles. The minimum Gasteiger partial charge on any atom is -0.384 e. The van der Waals surface area contributed by atoms with Crippen LogP contribution in [0.2, 0.25) is 0 Å². The van der Waals surface area contributed by atoms with Crippen LogP contribution in [0.25, 0.3) is 0 Å². The Morgan fingerprint density at radius 2 is 2.16 bits per heavy atom. The van der Waals surface area contributed by atoms with Gasteiger partial charge in [0.15, 0.2) is 0 Å². The molecule has 0 radical (unpaired) electrons. The first-order valence-corrected chi connectivity index (χ1v) is 8.31. The zero-order valence-corrected chi connectivity index (χ0v) is 12.4. The van der Waals surface area contributed by atoms with Gasteiger partial charge in [-0.1, -0.05) is 0 Å². The molecule has 1 fully saturated rings. The van der Waals surface area contributed by atoms with Gasteiger partial charge in [0.25, 0.3) is 0 Å². The molecule has 1 aromatic heterocycles. The number of morpholine rings is 1. The third kappa shape index (κ3) is 4.91. The lowest BCUT2D eigenvalue weighted by molar-refractivity contribution is 0.122. The average molecular weight is 281 g/mol. The van der Waals surface area contributed by atoms with Crippen LogP contribution in [0.3, 0.4) is 0 Å². The number of hydrogen-bond acceptors (Lipinski definition) is 5. The molecule has 1 N–H and O–H groups in total. The number of rotatable bonds is 7. The van der Waals surface area contributed by atoms with E-state index < -0.39 is 0 Å². The predicted octanol–water partition coefficient (Wildman–Crippen LogP) is 2.47. The second-order valence-corrected chi connectivity index (χ2v) is 5.62. The summed E-state index contributed by atoms with van der Waals surface area (Å²) < 4.78 is 5.35. The maximum atomic E-state index is 5.35. The number of nitrogens with one attached hydrogen (secondary N) is 1. The van der Waals surface area contributed by atoms with Gasteiger partial charge in [-0.2, -0.15) is 11.8 Å². The number of pyridine rings is 1. The van der Waals surface area contributed by atoms with Crippen LogP contribution in [0.15, 0.2) is 18.3 Å². The van der Waals surface area contributed by atoms with E-state index in [1.807, 2.05) is 18.0 Å². The summed E-state index contributed by atoms with van der Waals surface area (Å²) in [4.78, 5) is 6.79. The Bertz CT molecular complexity index is 352. The molecule has 0 aromatic carbocycles. The van der Waals surface area contributed by atoms with Gasteiger partial charge in [-0.3, -0.25) is 0 Å². The molecule has 0 saturated carbocycles. The summed E-state index contributed by atoms with van der Waals surface area (Å²) in [6.45, 7) is 4.51. The molecule has 4 nitrogen and oxygen atoms in total. The fraction of sp³-hybridized carbons (Fsp3) is 0.643. The van der Waals surface area contributed by atoms with Crippen LogP contribution in [0.5, 0.6) is 0 Å². The van der Waals surface area contributed by atoms with E-state index >= 15 is 0 Å². The van der Waals surface area contributed by atoms with Crippen molar-refractivity contribution in [3.8, 4) is 0 Å².